The number of esters is 1. The zero-order valence-electron chi connectivity index (χ0n) is 16.3. The highest BCUT2D eigenvalue weighted by Crippen LogP contribution is 2.35. The standard InChI is InChI=1S/C19H25N3O6S/c1-27-11-5-9-20-18(23)13-28-19(24)14-7-8-15-16(12-14)29(25,26)21-17-6-3-2-4-10-22(15)17/h7-8,12H,2-6,9-11,13H2,1H3,(H,20,23). The van der Waals surface area contributed by atoms with Gasteiger partial charge in [0, 0.05) is 33.2 Å². The minimum absolute atomic E-state index is 0.0124. The van der Waals surface area contributed by atoms with Crippen LogP contribution in [0.3, 0.4) is 0 Å². The second kappa shape index (κ2) is 9.36. The highest BCUT2D eigenvalue weighted by atomic mass is 32.2. The van der Waals surface area contributed by atoms with E-state index in [4.69, 9.17) is 9.47 Å². The normalized spacial score (nSPS) is 17.4. The van der Waals surface area contributed by atoms with Crippen LogP contribution in [0.1, 0.15) is 42.5 Å². The van der Waals surface area contributed by atoms with Gasteiger partial charge in [-0.1, -0.05) is 6.42 Å². The lowest BCUT2D eigenvalue weighted by atomic mass is 10.2. The molecule has 1 N–H and O–H groups in total. The number of nitrogens with zero attached hydrogens (tertiary/aromatic N) is 2. The summed E-state index contributed by atoms with van der Waals surface area (Å²) in [5.41, 5.74) is 0.595. The highest BCUT2D eigenvalue weighted by Gasteiger charge is 2.32. The first-order valence-electron chi connectivity index (χ1n) is 9.60. The van der Waals surface area contributed by atoms with Crippen LogP contribution in [0.2, 0.25) is 0 Å². The largest absolute Gasteiger partial charge is 0.452 e. The number of benzene rings is 1. The van der Waals surface area contributed by atoms with E-state index in [1.807, 2.05) is 4.90 Å². The van der Waals surface area contributed by atoms with Crippen molar-refractivity contribution in [2.45, 2.75) is 37.0 Å². The average Bonchev–Trinajstić information content (AvgIpc) is 2.94. The van der Waals surface area contributed by atoms with Crippen molar-refractivity contribution in [3.05, 3.63) is 23.8 Å². The van der Waals surface area contributed by atoms with Crippen LogP contribution in [0.25, 0.3) is 0 Å². The number of nitrogens with one attached hydrogen (secondary N) is 1. The van der Waals surface area contributed by atoms with Gasteiger partial charge >= 0.3 is 5.97 Å². The highest BCUT2D eigenvalue weighted by molar-refractivity contribution is 7.90. The molecule has 0 aliphatic carbocycles. The lowest BCUT2D eigenvalue weighted by Crippen LogP contribution is -2.35. The maximum Gasteiger partial charge on any atom is 0.338 e. The Balaban J connectivity index is 1.69. The number of fused-ring (bicyclic) bond motifs is 3. The number of amidine groups is 1. The molecule has 10 heteroatoms. The summed E-state index contributed by atoms with van der Waals surface area (Å²) in [7, 11) is -2.32. The predicted octanol–water partition coefficient (Wildman–Crippen LogP) is 1.48. The number of carbonyl (C=O) groups is 2. The number of anilines is 1. The Bertz CT molecular complexity index is 913. The third kappa shape index (κ3) is 5.13. The van der Waals surface area contributed by atoms with Crippen molar-refractivity contribution in [2.75, 3.05) is 38.3 Å². The van der Waals surface area contributed by atoms with Gasteiger partial charge in [0.2, 0.25) is 0 Å². The van der Waals surface area contributed by atoms with Gasteiger partial charge in [-0.25, -0.2) is 4.79 Å². The van der Waals surface area contributed by atoms with E-state index in [9.17, 15) is 18.0 Å². The van der Waals surface area contributed by atoms with E-state index in [0.717, 1.165) is 19.3 Å². The third-order valence-electron chi connectivity index (χ3n) is 4.77. The minimum atomic E-state index is -3.89. The molecule has 2 aliphatic rings. The molecule has 0 bridgehead atoms. The molecule has 1 amide bonds. The van der Waals surface area contributed by atoms with Crippen LogP contribution in [0.5, 0.6) is 0 Å². The van der Waals surface area contributed by atoms with Gasteiger partial charge in [-0.15, -0.1) is 4.40 Å². The molecule has 1 aromatic carbocycles. The first-order valence-corrected chi connectivity index (χ1v) is 11.0. The Morgan fingerprint density at radius 3 is 2.86 bits per heavy atom. The monoisotopic (exact) mass is 423 g/mol. The molecular weight excluding hydrogens is 398 g/mol. The van der Waals surface area contributed by atoms with Crippen molar-refractivity contribution >= 4 is 33.4 Å². The van der Waals surface area contributed by atoms with Gasteiger partial charge in [0.05, 0.1) is 11.3 Å². The number of sulfonamides is 1. The maximum atomic E-state index is 12.6. The van der Waals surface area contributed by atoms with Crippen molar-refractivity contribution in [3.63, 3.8) is 0 Å². The molecule has 0 spiro atoms. The fourth-order valence-corrected chi connectivity index (χ4v) is 4.60. The van der Waals surface area contributed by atoms with Crippen LogP contribution in [0.4, 0.5) is 5.69 Å². The number of hydrogen-bond donors (Lipinski definition) is 1. The molecule has 1 aromatic rings. The van der Waals surface area contributed by atoms with Crippen LogP contribution in [-0.2, 0) is 24.3 Å². The Kier molecular flexibility index (Phi) is 6.86. The van der Waals surface area contributed by atoms with Crippen LogP contribution in [-0.4, -0.2) is 59.5 Å². The Morgan fingerprint density at radius 1 is 1.24 bits per heavy atom. The molecule has 2 aliphatic heterocycles. The zero-order chi connectivity index (χ0) is 20.9. The van der Waals surface area contributed by atoms with E-state index >= 15 is 0 Å². The quantitative estimate of drug-likeness (QED) is 0.522. The summed E-state index contributed by atoms with van der Waals surface area (Å²) >= 11 is 0. The third-order valence-corrected chi connectivity index (χ3v) is 6.10. The molecule has 0 unspecified atom stereocenters. The summed E-state index contributed by atoms with van der Waals surface area (Å²) in [5, 5.41) is 2.61. The smallest absolute Gasteiger partial charge is 0.338 e. The number of methoxy groups -OCH3 is 1. The van der Waals surface area contributed by atoms with Crippen molar-refractivity contribution < 1.29 is 27.5 Å². The molecule has 0 radical (unpaired) electrons. The molecule has 0 aromatic heterocycles. The second-order valence-electron chi connectivity index (χ2n) is 6.90. The van der Waals surface area contributed by atoms with Crippen molar-refractivity contribution in [1.82, 2.24) is 5.32 Å². The molecule has 29 heavy (non-hydrogen) atoms. The lowest BCUT2D eigenvalue weighted by Gasteiger charge is -2.29. The van der Waals surface area contributed by atoms with Gasteiger partial charge in [0.1, 0.15) is 10.7 Å². The average molecular weight is 423 g/mol. The summed E-state index contributed by atoms with van der Waals surface area (Å²) in [6.45, 7) is 1.18. The first-order chi connectivity index (χ1) is 13.9. The lowest BCUT2D eigenvalue weighted by molar-refractivity contribution is -0.124. The predicted molar refractivity (Wildman–Crippen MR) is 107 cm³/mol. The summed E-state index contributed by atoms with van der Waals surface area (Å²) in [6.07, 6.45) is 4.13. The Hall–Kier alpha value is -2.46. The summed E-state index contributed by atoms with van der Waals surface area (Å²) in [4.78, 5) is 25.9. The van der Waals surface area contributed by atoms with Gasteiger partial charge in [-0.3, -0.25) is 4.79 Å². The molecule has 9 nitrogen and oxygen atoms in total. The van der Waals surface area contributed by atoms with Crippen LogP contribution >= 0.6 is 0 Å². The SMILES string of the molecule is COCCCNC(=O)COC(=O)c1ccc2c(c1)S(=O)(=O)N=C1CCCCCN12. The molecule has 1 saturated heterocycles. The molecule has 2 heterocycles. The molecule has 158 valence electrons. The van der Waals surface area contributed by atoms with Crippen molar-refractivity contribution in [1.29, 1.82) is 0 Å². The number of amides is 1. The van der Waals surface area contributed by atoms with Crippen LogP contribution in [0.15, 0.2) is 27.5 Å². The summed E-state index contributed by atoms with van der Waals surface area (Å²) in [5.74, 6) is -0.644. The van der Waals surface area contributed by atoms with Gasteiger partial charge in [0.15, 0.2) is 6.61 Å². The van der Waals surface area contributed by atoms with E-state index in [1.54, 1.807) is 13.2 Å². The van der Waals surface area contributed by atoms with E-state index in [0.29, 0.717) is 44.1 Å². The van der Waals surface area contributed by atoms with Gasteiger partial charge in [-0.05, 0) is 37.5 Å². The van der Waals surface area contributed by atoms with E-state index in [1.165, 1.54) is 12.1 Å². The van der Waals surface area contributed by atoms with Crippen LogP contribution in [0, 0.1) is 0 Å². The minimum Gasteiger partial charge on any atom is -0.452 e. The number of carbonyl (C=O) groups excluding carboxylic acids is 2. The van der Waals surface area contributed by atoms with Gasteiger partial charge in [0.25, 0.3) is 15.9 Å². The fourth-order valence-electron chi connectivity index (χ4n) is 3.32. The zero-order valence-corrected chi connectivity index (χ0v) is 17.2. The van der Waals surface area contributed by atoms with Crippen LogP contribution < -0.4 is 10.2 Å². The number of hydrogen-bond acceptors (Lipinski definition) is 7. The number of rotatable bonds is 7. The molecular formula is C19H25N3O6S. The van der Waals surface area contributed by atoms with E-state index in [-0.39, 0.29) is 10.5 Å². The number of ether oxygens (including phenoxy) is 2. The molecule has 3 rings (SSSR count). The van der Waals surface area contributed by atoms with Crippen molar-refractivity contribution in [3.8, 4) is 0 Å². The first kappa shape index (κ1) is 21.3. The molecule has 1 fully saturated rings. The summed E-state index contributed by atoms with van der Waals surface area (Å²) in [6, 6.07) is 4.39. The summed E-state index contributed by atoms with van der Waals surface area (Å²) < 4.78 is 39.1. The molecule has 0 saturated carbocycles. The second-order valence-corrected chi connectivity index (χ2v) is 8.47. The fraction of sp³-hybridized carbons (Fsp3) is 0.526. The Labute approximate surface area is 170 Å². The Morgan fingerprint density at radius 2 is 2.07 bits per heavy atom. The maximum absolute atomic E-state index is 12.6. The van der Waals surface area contributed by atoms with Gasteiger partial charge in [-0.2, -0.15) is 8.42 Å². The van der Waals surface area contributed by atoms with Gasteiger partial charge < -0.3 is 19.7 Å². The van der Waals surface area contributed by atoms with E-state index in [2.05, 4.69) is 9.71 Å². The van der Waals surface area contributed by atoms with Crippen molar-refractivity contribution in [2.24, 2.45) is 4.40 Å². The molecule has 0 atom stereocenters. The topological polar surface area (TPSA) is 114 Å². The van der Waals surface area contributed by atoms with E-state index < -0.39 is 28.5 Å².